The predicted octanol–water partition coefficient (Wildman–Crippen LogP) is -3.88. The molecule has 0 saturated carbocycles. The number of anilines is 1. The van der Waals surface area contributed by atoms with Crippen molar-refractivity contribution in [3.8, 4) is 0 Å². The number of carbonyl (C=O) groups is 2. The van der Waals surface area contributed by atoms with Gasteiger partial charge in [0.2, 0.25) is 5.91 Å². The highest BCUT2D eigenvalue weighted by atomic mass is 31.2. The third kappa shape index (κ3) is 9.94. The largest absolute Gasteiger partial charge is 0.477 e. The van der Waals surface area contributed by atoms with Gasteiger partial charge in [-0.15, -0.1) is 5.10 Å². The highest BCUT2D eigenvalue weighted by molar-refractivity contribution is 7.47. The Hall–Kier alpha value is -3.45. The number of aromatic nitrogens is 5. The Morgan fingerprint density at radius 2 is 1.94 bits per heavy atom. The van der Waals surface area contributed by atoms with Crippen LogP contribution in [0.3, 0.4) is 0 Å². The highest BCUT2D eigenvalue weighted by Crippen LogP contribution is 2.51. The molecule has 24 heteroatoms. The van der Waals surface area contributed by atoms with Gasteiger partial charge in [-0.2, -0.15) is 4.98 Å². The van der Waals surface area contributed by atoms with Gasteiger partial charge in [-0.05, 0) is 18.9 Å². The second kappa shape index (κ2) is 17.6. The highest BCUT2D eigenvalue weighted by Gasteiger charge is 2.59. The average molecular weight is 766 g/mol. The molecule has 2 aromatic rings. The predicted molar refractivity (Wildman–Crippen MR) is 170 cm³/mol. The Bertz CT molecular complexity index is 1630. The second-order valence-electron chi connectivity index (χ2n) is 12.4. The summed E-state index contributed by atoms with van der Waals surface area (Å²) in [5, 5.41) is 82.7. The molecule has 4 rings (SSSR count). The van der Waals surface area contributed by atoms with Crippen molar-refractivity contribution >= 4 is 25.5 Å². The second-order valence-corrected chi connectivity index (χ2v) is 13.8. The summed E-state index contributed by atoms with van der Waals surface area (Å²) in [6.07, 6.45) is -8.95. The molecule has 2 aliphatic rings. The van der Waals surface area contributed by atoms with E-state index in [0.717, 1.165) is 36.4 Å². The number of aliphatic hydroxyl groups excluding tert-OH is 6. The fourth-order valence-corrected chi connectivity index (χ4v) is 6.68. The van der Waals surface area contributed by atoms with Gasteiger partial charge in [0.25, 0.3) is 5.79 Å². The van der Waals surface area contributed by atoms with Crippen LogP contribution >= 0.6 is 7.82 Å². The van der Waals surface area contributed by atoms with Crippen molar-refractivity contribution in [1.82, 2.24) is 29.9 Å². The van der Waals surface area contributed by atoms with E-state index < -0.39 is 112 Å². The van der Waals surface area contributed by atoms with E-state index in [-0.39, 0.29) is 5.82 Å². The molecule has 0 spiro atoms. The zero-order valence-electron chi connectivity index (χ0n) is 27.9. The Kier molecular flexibility index (Phi) is 14.0. The van der Waals surface area contributed by atoms with Crippen LogP contribution in [0, 0.1) is 0 Å². The van der Waals surface area contributed by atoms with Crippen molar-refractivity contribution in [3.63, 3.8) is 0 Å². The average Bonchev–Trinajstić information content (AvgIpc) is 3.64. The zero-order chi connectivity index (χ0) is 38.4. The monoisotopic (exact) mass is 765 g/mol. The number of unbranched alkanes of at least 4 members (excludes halogenated alkanes) is 3. The third-order valence-corrected chi connectivity index (χ3v) is 9.45. The Morgan fingerprint density at radius 3 is 2.60 bits per heavy atom. The molecule has 0 aliphatic carbocycles. The number of nitrogen functional groups attached to an aromatic ring is 1. The number of amides is 1. The van der Waals surface area contributed by atoms with E-state index in [1.807, 2.05) is 0 Å². The van der Waals surface area contributed by atoms with Gasteiger partial charge in [-0.3, -0.25) is 13.9 Å². The Balaban J connectivity index is 1.46. The van der Waals surface area contributed by atoms with E-state index in [1.54, 1.807) is 0 Å². The molecule has 292 valence electrons. The van der Waals surface area contributed by atoms with Gasteiger partial charge in [-0.1, -0.05) is 31.4 Å². The van der Waals surface area contributed by atoms with Crippen molar-refractivity contribution in [2.75, 3.05) is 18.9 Å². The number of hydrogen-bond acceptors (Lipinski definition) is 18. The van der Waals surface area contributed by atoms with Gasteiger partial charge in [0.05, 0.1) is 31.1 Å². The van der Waals surface area contributed by atoms with Crippen molar-refractivity contribution < 1.29 is 73.3 Å². The molecule has 11 N–H and O–H groups in total. The Labute approximate surface area is 295 Å². The minimum Gasteiger partial charge on any atom is -0.477 e. The first-order chi connectivity index (χ1) is 24.5. The molecule has 2 aromatic heterocycles. The minimum atomic E-state index is -5.59. The van der Waals surface area contributed by atoms with E-state index in [9.17, 15) is 59.6 Å². The standard InChI is InChI=1S/C28H44N7O16P/c1-2-3-4-5-6-14-10-34(33-32-14)11-19(39)31-20-15(37)9-28(26(43)44,50-24(20)21(40)16(38)12-36)51-52(46,47)48-13-17-22(41)23(42)25(49-17)35-8-7-18(29)30-27(35)45/h7-8,10,15-17,20-25,36-38,40-42H,2-6,9,11-13H2,1H3,(H,31,39)(H,43,44)(H,46,47)(H2,29,30,45)/t15-,16+,17+,20+,21+,22+,23+,24+,25+,28+/m0/s1. The van der Waals surface area contributed by atoms with Gasteiger partial charge in [-0.25, -0.2) is 23.4 Å². The molecule has 4 heterocycles. The van der Waals surface area contributed by atoms with Crippen molar-refractivity contribution in [2.24, 2.45) is 0 Å². The van der Waals surface area contributed by atoms with Crippen molar-refractivity contribution in [2.45, 2.75) is 113 Å². The number of phosphoric acid groups is 1. The number of phosphoric ester groups is 1. The summed E-state index contributed by atoms with van der Waals surface area (Å²) in [6.45, 7) is -0.488. The van der Waals surface area contributed by atoms with Gasteiger partial charge < -0.3 is 61.2 Å². The zero-order valence-corrected chi connectivity index (χ0v) is 28.8. The van der Waals surface area contributed by atoms with Crippen molar-refractivity contribution in [3.05, 3.63) is 34.6 Å². The van der Waals surface area contributed by atoms with Gasteiger partial charge in [0.1, 0.15) is 49.0 Å². The third-order valence-electron chi connectivity index (χ3n) is 8.45. The van der Waals surface area contributed by atoms with Gasteiger partial charge in [0, 0.05) is 18.8 Å². The number of nitrogens with two attached hydrogens (primary N) is 1. The van der Waals surface area contributed by atoms with E-state index >= 15 is 0 Å². The molecule has 0 bridgehead atoms. The van der Waals surface area contributed by atoms with Crippen LogP contribution in [0.2, 0.25) is 0 Å². The summed E-state index contributed by atoms with van der Waals surface area (Å²) in [5.74, 6) is -6.34. The molecule has 2 fully saturated rings. The summed E-state index contributed by atoms with van der Waals surface area (Å²) >= 11 is 0. The number of carbonyl (C=O) groups excluding carboxylic acids is 1. The maximum absolute atomic E-state index is 13.1. The van der Waals surface area contributed by atoms with Crippen LogP contribution in [0.5, 0.6) is 0 Å². The van der Waals surface area contributed by atoms with Crippen molar-refractivity contribution in [1.29, 1.82) is 0 Å². The van der Waals surface area contributed by atoms with Crippen LogP contribution in [0.25, 0.3) is 0 Å². The summed E-state index contributed by atoms with van der Waals surface area (Å²) in [4.78, 5) is 51.7. The number of nitrogens with one attached hydrogen (secondary N) is 1. The van der Waals surface area contributed by atoms with Crippen LogP contribution in [-0.2, 0) is 45.6 Å². The van der Waals surface area contributed by atoms with Crippen LogP contribution < -0.4 is 16.7 Å². The number of nitrogens with zero attached hydrogens (tertiary/aromatic N) is 5. The number of carboxylic acid groups (broad SMARTS) is 1. The SMILES string of the molecule is CCCCCCc1cn(CC(=O)N[C@H]2[C@H]([C@H](O)[C@H](O)CO)O[C@](OP(=O)(O)OC[C@H]3O[C@@H](n4ccc(N)nc4=O)[C@H](O)[C@@H]3O)(C(=O)O)C[C@@H]2O)nn1. The number of ether oxygens (including phenoxy) is 2. The van der Waals surface area contributed by atoms with E-state index in [1.165, 1.54) is 16.9 Å². The lowest BCUT2D eigenvalue weighted by atomic mass is 9.88. The van der Waals surface area contributed by atoms with Crippen LogP contribution in [0.1, 0.15) is 50.9 Å². The smallest absolute Gasteiger partial charge is 0.475 e. The summed E-state index contributed by atoms with van der Waals surface area (Å²) < 4.78 is 35.7. The number of hydrogen-bond donors (Lipinski definition) is 10. The first-order valence-electron chi connectivity index (χ1n) is 16.3. The number of aliphatic carboxylic acids is 1. The van der Waals surface area contributed by atoms with E-state index in [2.05, 4.69) is 27.5 Å². The van der Waals surface area contributed by atoms with Crippen LogP contribution in [-0.4, -0.2) is 145 Å². The summed E-state index contributed by atoms with van der Waals surface area (Å²) in [7, 11) is -5.59. The fourth-order valence-electron chi connectivity index (χ4n) is 5.72. The van der Waals surface area contributed by atoms with Crippen LogP contribution in [0.15, 0.2) is 23.3 Å². The molecule has 0 aromatic carbocycles. The molecule has 0 radical (unpaired) electrons. The number of rotatable bonds is 18. The minimum absolute atomic E-state index is 0.141. The molecule has 2 saturated heterocycles. The quantitative estimate of drug-likeness (QED) is 0.0512. The fraction of sp³-hybridized carbons (Fsp3) is 0.714. The Morgan fingerprint density at radius 1 is 1.21 bits per heavy atom. The normalized spacial score (nSPS) is 30.0. The molecular weight excluding hydrogens is 721 g/mol. The summed E-state index contributed by atoms with van der Waals surface area (Å²) in [5.41, 5.74) is 5.13. The molecule has 11 atom stereocenters. The van der Waals surface area contributed by atoms with Gasteiger partial charge >= 0.3 is 19.5 Å². The number of carboxylic acids is 1. The van der Waals surface area contributed by atoms with Crippen LogP contribution in [0.4, 0.5) is 5.82 Å². The molecule has 23 nitrogen and oxygen atoms in total. The topological polar surface area (TPSA) is 354 Å². The first-order valence-corrected chi connectivity index (χ1v) is 17.8. The lowest BCUT2D eigenvalue weighted by Gasteiger charge is -2.46. The lowest BCUT2D eigenvalue weighted by Crippen LogP contribution is -2.68. The van der Waals surface area contributed by atoms with E-state index in [0.29, 0.717) is 12.1 Å². The maximum atomic E-state index is 13.1. The molecular formula is C28H44N7O16P. The maximum Gasteiger partial charge on any atom is 0.475 e. The summed E-state index contributed by atoms with van der Waals surface area (Å²) in [6, 6.07) is -0.474. The molecule has 52 heavy (non-hydrogen) atoms. The molecule has 2 aliphatic heterocycles. The van der Waals surface area contributed by atoms with Gasteiger partial charge in [0.15, 0.2) is 6.23 Å². The molecule has 1 amide bonds. The molecule has 1 unspecified atom stereocenters. The lowest BCUT2D eigenvalue weighted by molar-refractivity contribution is -0.289. The number of aliphatic hydroxyl groups is 6. The number of aryl methyl sites for hydroxylation is 1. The first kappa shape index (κ1) is 41.3. The van der Waals surface area contributed by atoms with E-state index in [4.69, 9.17) is 24.3 Å².